The lowest BCUT2D eigenvalue weighted by Gasteiger charge is -2.21. The molecule has 1 saturated carbocycles. The van der Waals surface area contributed by atoms with Gasteiger partial charge in [-0.1, -0.05) is 53.9 Å². The summed E-state index contributed by atoms with van der Waals surface area (Å²) in [5.41, 5.74) is 5.71. The van der Waals surface area contributed by atoms with E-state index in [2.05, 4.69) is 12.1 Å². The smallest absolute Gasteiger partial charge is 0.330 e. The fraction of sp³-hybridized carbons (Fsp3) is 0.292. The molecule has 0 atom stereocenters. The number of ether oxygens (including phenoxy) is 1. The number of hydrogen-bond acceptors (Lipinski definition) is 3. The van der Waals surface area contributed by atoms with Gasteiger partial charge in [-0.3, -0.25) is 0 Å². The fourth-order valence-corrected chi connectivity index (χ4v) is 3.76. The van der Waals surface area contributed by atoms with Gasteiger partial charge in [0.2, 0.25) is 0 Å². The Balaban J connectivity index is 1.95. The SMILES string of the molecule is CCOC(=O)/C=C/c1ccc(C(=C2CCCCC2)c2ccc(O)c(Cl)c2)cc1. The zero-order chi connectivity index (χ0) is 19.9. The van der Waals surface area contributed by atoms with Crippen molar-refractivity contribution in [2.24, 2.45) is 0 Å². The van der Waals surface area contributed by atoms with Gasteiger partial charge in [0.25, 0.3) is 0 Å². The van der Waals surface area contributed by atoms with Crippen LogP contribution in [0.4, 0.5) is 0 Å². The third-order valence-corrected chi connectivity index (χ3v) is 5.25. The summed E-state index contributed by atoms with van der Waals surface area (Å²) in [5.74, 6) is -0.242. The van der Waals surface area contributed by atoms with E-state index in [4.69, 9.17) is 16.3 Å². The van der Waals surface area contributed by atoms with Gasteiger partial charge in [-0.05, 0) is 73.1 Å². The van der Waals surface area contributed by atoms with Crippen molar-refractivity contribution >= 4 is 29.2 Å². The molecule has 146 valence electrons. The maximum atomic E-state index is 11.5. The second kappa shape index (κ2) is 9.61. The van der Waals surface area contributed by atoms with E-state index in [9.17, 15) is 9.90 Å². The Hall–Kier alpha value is -2.52. The maximum absolute atomic E-state index is 11.5. The van der Waals surface area contributed by atoms with Gasteiger partial charge in [-0.25, -0.2) is 4.79 Å². The summed E-state index contributed by atoms with van der Waals surface area (Å²) in [6.07, 6.45) is 9.03. The second-order valence-electron chi connectivity index (χ2n) is 6.91. The summed E-state index contributed by atoms with van der Waals surface area (Å²) in [6.45, 7) is 2.16. The molecule has 0 radical (unpaired) electrons. The Morgan fingerprint density at radius 3 is 2.39 bits per heavy atom. The second-order valence-corrected chi connectivity index (χ2v) is 7.32. The molecule has 2 aromatic carbocycles. The Morgan fingerprint density at radius 2 is 1.75 bits per heavy atom. The molecule has 0 heterocycles. The molecule has 1 aliphatic carbocycles. The predicted molar refractivity (Wildman–Crippen MR) is 114 cm³/mol. The molecule has 1 N–H and O–H groups in total. The molecule has 2 aromatic rings. The van der Waals surface area contributed by atoms with E-state index in [0.717, 1.165) is 29.5 Å². The van der Waals surface area contributed by atoms with Crippen molar-refractivity contribution in [3.63, 3.8) is 0 Å². The van der Waals surface area contributed by atoms with Crippen molar-refractivity contribution in [3.8, 4) is 5.75 Å². The molecule has 3 rings (SSSR count). The van der Waals surface area contributed by atoms with Gasteiger partial charge in [-0.2, -0.15) is 0 Å². The van der Waals surface area contributed by atoms with E-state index >= 15 is 0 Å². The summed E-state index contributed by atoms with van der Waals surface area (Å²) < 4.78 is 4.92. The number of esters is 1. The minimum atomic E-state index is -0.338. The lowest BCUT2D eigenvalue weighted by molar-refractivity contribution is -0.137. The first kappa shape index (κ1) is 20.2. The van der Waals surface area contributed by atoms with Gasteiger partial charge in [0, 0.05) is 6.08 Å². The van der Waals surface area contributed by atoms with Gasteiger partial charge in [-0.15, -0.1) is 0 Å². The normalized spacial score (nSPS) is 14.3. The lowest BCUT2D eigenvalue weighted by Crippen LogP contribution is -2.00. The van der Waals surface area contributed by atoms with Gasteiger partial charge in [0.05, 0.1) is 11.6 Å². The zero-order valence-electron chi connectivity index (χ0n) is 16.1. The van der Waals surface area contributed by atoms with Crippen molar-refractivity contribution in [1.29, 1.82) is 0 Å². The van der Waals surface area contributed by atoms with E-state index in [0.29, 0.717) is 11.6 Å². The molecule has 4 heteroatoms. The van der Waals surface area contributed by atoms with Crippen LogP contribution in [0.1, 0.15) is 55.7 Å². The average Bonchev–Trinajstić information content (AvgIpc) is 2.71. The zero-order valence-corrected chi connectivity index (χ0v) is 16.8. The summed E-state index contributed by atoms with van der Waals surface area (Å²) in [5, 5.41) is 10.2. The number of hydrogen-bond donors (Lipinski definition) is 1. The van der Waals surface area contributed by atoms with Crippen molar-refractivity contribution in [2.75, 3.05) is 6.61 Å². The molecule has 28 heavy (non-hydrogen) atoms. The van der Waals surface area contributed by atoms with Gasteiger partial charge in [0.1, 0.15) is 5.75 Å². The van der Waals surface area contributed by atoms with E-state index in [-0.39, 0.29) is 11.7 Å². The molecule has 0 unspecified atom stereocenters. The van der Waals surface area contributed by atoms with Crippen LogP contribution in [0, 0.1) is 0 Å². The molecule has 1 fully saturated rings. The molecule has 0 amide bonds. The van der Waals surface area contributed by atoms with Crippen molar-refractivity contribution < 1.29 is 14.6 Å². The topological polar surface area (TPSA) is 46.5 Å². The molecule has 0 saturated heterocycles. The Bertz CT molecular complexity index is 887. The van der Waals surface area contributed by atoms with Crippen molar-refractivity contribution in [2.45, 2.75) is 39.0 Å². The first-order valence-corrected chi connectivity index (χ1v) is 10.1. The molecular formula is C24H25ClO3. The van der Waals surface area contributed by atoms with Gasteiger partial charge < -0.3 is 9.84 Å². The molecule has 0 bridgehead atoms. The minimum Gasteiger partial charge on any atom is -0.506 e. The van der Waals surface area contributed by atoms with Crippen LogP contribution in [0.5, 0.6) is 5.75 Å². The molecule has 0 spiro atoms. The van der Waals surface area contributed by atoms with Crippen LogP contribution < -0.4 is 0 Å². The summed E-state index contributed by atoms with van der Waals surface area (Å²) >= 11 is 6.18. The van der Waals surface area contributed by atoms with Crippen molar-refractivity contribution in [3.05, 3.63) is 75.8 Å². The highest BCUT2D eigenvalue weighted by molar-refractivity contribution is 6.32. The highest BCUT2D eigenvalue weighted by Gasteiger charge is 2.16. The van der Waals surface area contributed by atoms with E-state index < -0.39 is 0 Å². The lowest BCUT2D eigenvalue weighted by atomic mass is 9.85. The average molecular weight is 397 g/mol. The van der Waals surface area contributed by atoms with E-state index in [1.54, 1.807) is 19.1 Å². The van der Waals surface area contributed by atoms with Crippen LogP contribution in [-0.4, -0.2) is 17.7 Å². The largest absolute Gasteiger partial charge is 0.506 e. The number of aromatic hydroxyl groups is 1. The Morgan fingerprint density at radius 1 is 1.07 bits per heavy atom. The molecule has 0 aromatic heterocycles. The molecular weight excluding hydrogens is 372 g/mol. The van der Waals surface area contributed by atoms with Crippen LogP contribution >= 0.6 is 11.6 Å². The summed E-state index contributed by atoms with van der Waals surface area (Å²) in [7, 11) is 0. The Labute approximate surface area is 171 Å². The highest BCUT2D eigenvalue weighted by Crippen LogP contribution is 2.37. The van der Waals surface area contributed by atoms with E-state index in [1.807, 2.05) is 24.3 Å². The number of carbonyl (C=O) groups is 1. The van der Waals surface area contributed by atoms with Crippen LogP contribution in [0.2, 0.25) is 5.02 Å². The summed E-state index contributed by atoms with van der Waals surface area (Å²) in [4.78, 5) is 11.5. The quantitative estimate of drug-likeness (QED) is 0.470. The number of benzene rings is 2. The summed E-state index contributed by atoms with van der Waals surface area (Å²) in [6, 6.07) is 13.5. The predicted octanol–water partition coefficient (Wildman–Crippen LogP) is 6.39. The molecule has 1 aliphatic rings. The first-order chi connectivity index (χ1) is 13.6. The van der Waals surface area contributed by atoms with Crippen LogP contribution in [0.3, 0.4) is 0 Å². The highest BCUT2D eigenvalue weighted by atomic mass is 35.5. The van der Waals surface area contributed by atoms with E-state index in [1.165, 1.54) is 36.5 Å². The Kier molecular flexibility index (Phi) is 6.94. The fourth-order valence-electron chi connectivity index (χ4n) is 3.58. The third kappa shape index (κ3) is 5.05. The monoisotopic (exact) mass is 396 g/mol. The number of phenols is 1. The first-order valence-electron chi connectivity index (χ1n) is 9.74. The number of halogens is 1. The number of phenolic OH excluding ortho intramolecular Hbond substituents is 1. The van der Waals surface area contributed by atoms with Crippen LogP contribution in [-0.2, 0) is 9.53 Å². The number of rotatable bonds is 5. The molecule has 0 aliphatic heterocycles. The van der Waals surface area contributed by atoms with Gasteiger partial charge >= 0.3 is 5.97 Å². The van der Waals surface area contributed by atoms with Crippen LogP contribution in [0.25, 0.3) is 11.6 Å². The molecule has 3 nitrogen and oxygen atoms in total. The number of allylic oxidation sites excluding steroid dienone is 1. The van der Waals surface area contributed by atoms with Gasteiger partial charge in [0.15, 0.2) is 0 Å². The van der Waals surface area contributed by atoms with Crippen molar-refractivity contribution in [1.82, 2.24) is 0 Å². The standard InChI is InChI=1S/C24H25ClO3/c1-2-28-23(27)15-10-17-8-11-19(12-9-17)24(18-6-4-3-5-7-18)20-13-14-22(26)21(25)16-20/h8-16,26H,2-7H2,1H3/b15-10+. The minimum absolute atomic E-state index is 0.0952. The number of carbonyl (C=O) groups excluding carboxylic acids is 1. The third-order valence-electron chi connectivity index (χ3n) is 4.94. The van der Waals surface area contributed by atoms with Crippen LogP contribution in [0.15, 0.2) is 54.1 Å². The maximum Gasteiger partial charge on any atom is 0.330 e.